The topological polar surface area (TPSA) is 33.7 Å². The first kappa shape index (κ1) is 18.5. The van der Waals surface area contributed by atoms with Crippen molar-refractivity contribution in [2.45, 2.75) is 6.04 Å². The van der Waals surface area contributed by atoms with Crippen molar-refractivity contribution < 1.29 is 13.9 Å². The number of alkyl halides is 1. The summed E-state index contributed by atoms with van der Waals surface area (Å²) in [7, 11) is 3.19. The fourth-order valence-electron chi connectivity index (χ4n) is 2.47. The minimum absolute atomic E-state index is 0. The maximum absolute atomic E-state index is 13.5. The van der Waals surface area contributed by atoms with Gasteiger partial charge >= 0.3 is 0 Å². The van der Waals surface area contributed by atoms with Crippen molar-refractivity contribution in [3.8, 4) is 11.5 Å². The smallest absolute Gasteiger partial charge is 0.137 e. The molecule has 2 rings (SSSR count). The molecule has 0 amide bonds. The number of halogens is 3. The minimum Gasteiger partial charge on any atom is -0.495 e. The highest BCUT2D eigenvalue weighted by Gasteiger charge is 2.24. The Morgan fingerprint density at radius 3 is 2.19 bits per heavy atom. The van der Waals surface area contributed by atoms with Crippen LogP contribution in [-0.4, -0.2) is 52.0 Å². The van der Waals surface area contributed by atoms with Crippen LogP contribution in [0.5, 0.6) is 11.5 Å². The molecule has 4 nitrogen and oxygen atoms in total. The van der Waals surface area contributed by atoms with Crippen molar-refractivity contribution in [3.63, 3.8) is 0 Å². The first-order chi connectivity index (χ1) is 9.71. The molecule has 1 aliphatic rings. The van der Waals surface area contributed by atoms with E-state index in [1.807, 2.05) is 12.1 Å². The second-order valence-corrected chi connectivity index (χ2v) is 5.49. The first-order valence-corrected chi connectivity index (χ1v) is 7.42. The Morgan fingerprint density at radius 1 is 1.24 bits per heavy atom. The predicted molar refractivity (Wildman–Crippen MR) is 87.7 cm³/mol. The van der Waals surface area contributed by atoms with E-state index in [1.165, 1.54) is 0 Å². The van der Waals surface area contributed by atoms with E-state index in [-0.39, 0.29) is 18.4 Å². The van der Waals surface area contributed by atoms with Crippen molar-refractivity contribution in [2.75, 3.05) is 47.1 Å². The Labute approximate surface area is 139 Å². The van der Waals surface area contributed by atoms with Crippen molar-refractivity contribution in [3.05, 3.63) is 22.2 Å². The summed E-state index contributed by atoms with van der Waals surface area (Å²) in [5.41, 5.74) is 0.881. The van der Waals surface area contributed by atoms with E-state index >= 15 is 0 Å². The molecule has 0 radical (unpaired) electrons. The average molecular weight is 384 g/mol. The van der Waals surface area contributed by atoms with Gasteiger partial charge in [0.2, 0.25) is 0 Å². The molecule has 21 heavy (non-hydrogen) atoms. The number of hydrogen-bond acceptors (Lipinski definition) is 4. The fraction of sp³-hybridized carbons (Fsp3) is 0.571. The summed E-state index contributed by atoms with van der Waals surface area (Å²) in [4.78, 5) is 2.15. The summed E-state index contributed by atoms with van der Waals surface area (Å²) in [5.74, 6) is 1.32. The van der Waals surface area contributed by atoms with E-state index in [0.29, 0.717) is 11.5 Å². The molecule has 1 N–H and O–H groups in total. The maximum atomic E-state index is 13.5. The lowest BCUT2D eigenvalue weighted by Crippen LogP contribution is -2.45. The number of nitrogens with zero attached hydrogens (tertiary/aromatic N) is 1. The van der Waals surface area contributed by atoms with Gasteiger partial charge in [-0.05, 0) is 33.6 Å². The van der Waals surface area contributed by atoms with Gasteiger partial charge in [-0.25, -0.2) is 4.39 Å². The number of benzene rings is 1. The largest absolute Gasteiger partial charge is 0.495 e. The Kier molecular flexibility index (Phi) is 7.73. The Hall–Kier alpha value is -0.560. The van der Waals surface area contributed by atoms with Crippen LogP contribution in [0.15, 0.2) is 16.6 Å². The van der Waals surface area contributed by atoms with Crippen LogP contribution in [0.2, 0.25) is 0 Å². The van der Waals surface area contributed by atoms with Gasteiger partial charge in [0.25, 0.3) is 0 Å². The summed E-state index contributed by atoms with van der Waals surface area (Å²) in [6.45, 7) is 3.04. The molecule has 0 aromatic heterocycles. The van der Waals surface area contributed by atoms with Gasteiger partial charge in [-0.2, -0.15) is 0 Å². The van der Waals surface area contributed by atoms with E-state index in [2.05, 4.69) is 26.1 Å². The van der Waals surface area contributed by atoms with E-state index in [9.17, 15) is 4.39 Å². The number of piperazine rings is 1. The van der Waals surface area contributed by atoms with Gasteiger partial charge in [-0.15, -0.1) is 12.4 Å². The molecule has 120 valence electrons. The van der Waals surface area contributed by atoms with Gasteiger partial charge in [-0.1, -0.05) is 0 Å². The molecule has 7 heteroatoms. The molecular formula is C14H21BrClFN2O2. The van der Waals surface area contributed by atoms with Crippen LogP contribution in [0.1, 0.15) is 11.6 Å². The fourth-order valence-corrected chi connectivity index (χ4v) is 3.03. The van der Waals surface area contributed by atoms with Crippen LogP contribution in [0.4, 0.5) is 4.39 Å². The molecule has 1 aromatic rings. The molecular weight excluding hydrogens is 363 g/mol. The molecule has 0 saturated carbocycles. The van der Waals surface area contributed by atoms with Gasteiger partial charge in [0.1, 0.15) is 22.6 Å². The third kappa shape index (κ3) is 4.22. The highest BCUT2D eigenvalue weighted by Crippen LogP contribution is 2.38. The Bertz CT molecular complexity index is 434. The molecule has 0 bridgehead atoms. The first-order valence-electron chi connectivity index (χ1n) is 6.63. The molecule has 0 unspecified atom stereocenters. The van der Waals surface area contributed by atoms with Crippen LogP contribution in [-0.2, 0) is 0 Å². The molecule has 1 aromatic carbocycles. The maximum Gasteiger partial charge on any atom is 0.137 e. The third-order valence-corrected chi connectivity index (χ3v) is 4.37. The van der Waals surface area contributed by atoms with E-state index in [0.717, 1.165) is 36.2 Å². The number of nitrogens with one attached hydrogen (secondary N) is 1. The zero-order valence-corrected chi connectivity index (χ0v) is 14.6. The van der Waals surface area contributed by atoms with Gasteiger partial charge < -0.3 is 14.8 Å². The summed E-state index contributed by atoms with van der Waals surface area (Å²) in [6.07, 6.45) is 0. The SMILES string of the molecule is COc1cc([C@@H](CF)N2CCNCC2)cc(OC)c1Br.Cl. The summed E-state index contributed by atoms with van der Waals surface area (Å²) >= 11 is 3.44. The van der Waals surface area contributed by atoms with Gasteiger partial charge in [-0.3, -0.25) is 4.90 Å². The minimum atomic E-state index is -0.423. The summed E-state index contributed by atoms with van der Waals surface area (Å²) in [6, 6.07) is 3.49. The molecule has 1 saturated heterocycles. The molecule has 1 fully saturated rings. The van der Waals surface area contributed by atoms with Gasteiger partial charge in [0.05, 0.1) is 20.3 Å². The highest BCUT2D eigenvalue weighted by atomic mass is 79.9. The van der Waals surface area contributed by atoms with Crippen LogP contribution in [0, 0.1) is 0 Å². The van der Waals surface area contributed by atoms with Gasteiger partial charge in [0.15, 0.2) is 0 Å². The van der Waals surface area contributed by atoms with Gasteiger partial charge in [0, 0.05) is 26.2 Å². The Balaban J connectivity index is 0.00000220. The highest BCUT2D eigenvalue weighted by molar-refractivity contribution is 9.10. The van der Waals surface area contributed by atoms with Crippen LogP contribution in [0.25, 0.3) is 0 Å². The Morgan fingerprint density at radius 2 is 1.76 bits per heavy atom. The van der Waals surface area contributed by atoms with Crippen molar-refractivity contribution in [1.82, 2.24) is 10.2 Å². The zero-order chi connectivity index (χ0) is 14.5. The quantitative estimate of drug-likeness (QED) is 0.848. The van der Waals surface area contributed by atoms with E-state index in [4.69, 9.17) is 9.47 Å². The van der Waals surface area contributed by atoms with Crippen LogP contribution < -0.4 is 14.8 Å². The lowest BCUT2D eigenvalue weighted by molar-refractivity contribution is 0.147. The predicted octanol–water partition coefficient (Wildman–Crippen LogP) is 2.80. The standard InChI is InChI=1S/C14H20BrFN2O2.ClH/c1-19-12-7-10(8-13(20-2)14(12)15)11(9-16)18-5-3-17-4-6-18;/h7-8,11,17H,3-6,9H2,1-2H3;1H/t11-;/m1./s1. The number of rotatable bonds is 5. The molecule has 1 heterocycles. The molecule has 0 aliphatic carbocycles. The van der Waals surface area contributed by atoms with Crippen LogP contribution >= 0.6 is 28.3 Å². The average Bonchev–Trinajstić information content (AvgIpc) is 2.50. The van der Waals surface area contributed by atoms with Crippen molar-refractivity contribution >= 4 is 28.3 Å². The van der Waals surface area contributed by atoms with Crippen molar-refractivity contribution in [2.24, 2.45) is 0 Å². The summed E-state index contributed by atoms with van der Waals surface area (Å²) < 4.78 is 25.0. The third-order valence-electron chi connectivity index (χ3n) is 3.59. The van der Waals surface area contributed by atoms with E-state index < -0.39 is 6.67 Å². The molecule has 1 atom stereocenters. The lowest BCUT2D eigenvalue weighted by atomic mass is 10.0. The number of methoxy groups -OCH3 is 2. The van der Waals surface area contributed by atoms with Crippen molar-refractivity contribution in [1.29, 1.82) is 0 Å². The molecule has 0 spiro atoms. The normalized spacial score (nSPS) is 17.0. The van der Waals surface area contributed by atoms with E-state index in [1.54, 1.807) is 14.2 Å². The monoisotopic (exact) mass is 382 g/mol. The number of ether oxygens (including phenoxy) is 2. The zero-order valence-electron chi connectivity index (χ0n) is 12.2. The second kappa shape index (κ2) is 8.78. The second-order valence-electron chi connectivity index (χ2n) is 4.70. The number of hydrogen-bond donors (Lipinski definition) is 1. The lowest BCUT2D eigenvalue weighted by Gasteiger charge is -2.34. The molecule has 1 aliphatic heterocycles. The summed E-state index contributed by atoms with van der Waals surface area (Å²) in [5, 5.41) is 3.28. The van der Waals surface area contributed by atoms with Crippen LogP contribution in [0.3, 0.4) is 0 Å².